The number of amides is 2. The van der Waals surface area contributed by atoms with Gasteiger partial charge in [-0.25, -0.2) is 0 Å². The van der Waals surface area contributed by atoms with E-state index in [2.05, 4.69) is 5.32 Å². The van der Waals surface area contributed by atoms with Crippen LogP contribution in [0.25, 0.3) is 0 Å². The van der Waals surface area contributed by atoms with Gasteiger partial charge in [0.05, 0.1) is 18.7 Å². The van der Waals surface area contributed by atoms with E-state index in [1.165, 1.54) is 0 Å². The van der Waals surface area contributed by atoms with Gasteiger partial charge in [0.15, 0.2) is 0 Å². The van der Waals surface area contributed by atoms with Gasteiger partial charge in [-0.1, -0.05) is 26.8 Å². The minimum atomic E-state index is -0.415. The van der Waals surface area contributed by atoms with Crippen molar-refractivity contribution in [1.82, 2.24) is 5.32 Å². The fraction of sp³-hybridized carbons (Fsp3) is 0.500. The lowest BCUT2D eigenvalue weighted by Gasteiger charge is -2.19. The fourth-order valence-electron chi connectivity index (χ4n) is 2.05. The van der Waals surface area contributed by atoms with Gasteiger partial charge in [0.2, 0.25) is 11.8 Å². The summed E-state index contributed by atoms with van der Waals surface area (Å²) in [6, 6.07) is 5.65. The third-order valence-electron chi connectivity index (χ3n) is 3.47. The Balaban J connectivity index is 2.15. The summed E-state index contributed by atoms with van der Waals surface area (Å²) < 4.78 is 5.57. The van der Waals surface area contributed by atoms with E-state index in [0.717, 1.165) is 11.3 Å². The molecule has 1 N–H and O–H groups in total. The zero-order valence-electron chi connectivity index (χ0n) is 13.0. The summed E-state index contributed by atoms with van der Waals surface area (Å²) >= 11 is 0. The van der Waals surface area contributed by atoms with Gasteiger partial charge < -0.3 is 15.0 Å². The van der Waals surface area contributed by atoms with Crippen molar-refractivity contribution in [2.45, 2.75) is 33.7 Å². The summed E-state index contributed by atoms with van der Waals surface area (Å²) in [5, 5.41) is 2.90. The Morgan fingerprint density at radius 1 is 1.38 bits per heavy atom. The molecule has 2 rings (SSSR count). The second kappa shape index (κ2) is 5.76. The van der Waals surface area contributed by atoms with E-state index in [9.17, 15) is 9.59 Å². The van der Waals surface area contributed by atoms with Gasteiger partial charge in [-0.05, 0) is 17.7 Å². The van der Waals surface area contributed by atoms with E-state index in [1.54, 1.807) is 11.9 Å². The lowest BCUT2D eigenvalue weighted by molar-refractivity contribution is -0.128. The molecule has 2 amide bonds. The molecule has 0 unspecified atom stereocenters. The van der Waals surface area contributed by atoms with Gasteiger partial charge >= 0.3 is 0 Å². The number of nitrogens with zero attached hydrogens (tertiary/aromatic N) is 1. The molecule has 0 saturated carbocycles. The molecule has 1 aliphatic heterocycles. The van der Waals surface area contributed by atoms with Crippen molar-refractivity contribution in [3.63, 3.8) is 0 Å². The van der Waals surface area contributed by atoms with Crippen molar-refractivity contribution in [3.8, 4) is 5.75 Å². The van der Waals surface area contributed by atoms with Crippen LogP contribution in [-0.4, -0.2) is 25.5 Å². The maximum Gasteiger partial charge on any atom is 0.230 e. The molecule has 0 saturated heterocycles. The number of nitrogens with one attached hydrogen (secondary N) is 1. The smallest absolute Gasteiger partial charge is 0.230 e. The third-order valence-corrected chi connectivity index (χ3v) is 3.47. The highest BCUT2D eigenvalue weighted by Crippen LogP contribution is 2.31. The van der Waals surface area contributed by atoms with Crippen molar-refractivity contribution >= 4 is 17.5 Å². The number of rotatable bonds is 2. The first kappa shape index (κ1) is 15.4. The second-order valence-corrected chi connectivity index (χ2v) is 6.29. The average Bonchev–Trinajstić information content (AvgIpc) is 2.56. The standard InChI is InChI=1S/C16H22N2O3/c1-16(2,3)15(20)17-10-11-5-6-13-12(9-11)18(4)14(19)7-8-21-13/h5-6,9H,7-8,10H2,1-4H3,(H,17,20). The van der Waals surface area contributed by atoms with Gasteiger partial charge in [-0.2, -0.15) is 0 Å². The topological polar surface area (TPSA) is 58.6 Å². The Labute approximate surface area is 125 Å². The van der Waals surface area contributed by atoms with Crippen LogP contribution in [0.15, 0.2) is 18.2 Å². The van der Waals surface area contributed by atoms with Crippen molar-refractivity contribution in [3.05, 3.63) is 23.8 Å². The number of hydrogen-bond donors (Lipinski definition) is 1. The zero-order chi connectivity index (χ0) is 15.6. The number of carbonyl (C=O) groups is 2. The van der Waals surface area contributed by atoms with E-state index >= 15 is 0 Å². The van der Waals surface area contributed by atoms with E-state index in [-0.39, 0.29) is 11.8 Å². The molecule has 0 spiro atoms. The molecule has 0 radical (unpaired) electrons. The molecule has 1 heterocycles. The molecule has 0 fully saturated rings. The van der Waals surface area contributed by atoms with Crippen molar-refractivity contribution in [2.75, 3.05) is 18.6 Å². The SMILES string of the molecule is CN1C(=O)CCOc2ccc(CNC(=O)C(C)(C)C)cc21. The molecular formula is C16H22N2O3. The van der Waals surface area contributed by atoms with Crippen molar-refractivity contribution in [2.24, 2.45) is 5.41 Å². The number of fused-ring (bicyclic) bond motifs is 1. The van der Waals surface area contributed by atoms with Crippen molar-refractivity contribution in [1.29, 1.82) is 0 Å². The maximum absolute atomic E-state index is 11.9. The Morgan fingerprint density at radius 2 is 2.10 bits per heavy atom. The molecule has 5 nitrogen and oxygen atoms in total. The minimum absolute atomic E-state index is 0.00174. The average molecular weight is 290 g/mol. The van der Waals surface area contributed by atoms with Crippen LogP contribution < -0.4 is 15.0 Å². The highest BCUT2D eigenvalue weighted by molar-refractivity contribution is 5.95. The van der Waals surface area contributed by atoms with Gasteiger partial charge in [0, 0.05) is 19.0 Å². The van der Waals surface area contributed by atoms with Gasteiger partial charge in [-0.3, -0.25) is 9.59 Å². The molecule has 0 aliphatic carbocycles. The van der Waals surface area contributed by atoms with Gasteiger partial charge in [0.25, 0.3) is 0 Å². The largest absolute Gasteiger partial charge is 0.491 e. The number of benzene rings is 1. The quantitative estimate of drug-likeness (QED) is 0.907. The van der Waals surface area contributed by atoms with Crippen LogP contribution in [-0.2, 0) is 16.1 Å². The van der Waals surface area contributed by atoms with E-state index in [0.29, 0.717) is 25.3 Å². The summed E-state index contributed by atoms with van der Waals surface area (Å²) in [6.45, 7) is 6.46. The molecule has 21 heavy (non-hydrogen) atoms. The molecule has 114 valence electrons. The first-order chi connectivity index (χ1) is 9.79. The highest BCUT2D eigenvalue weighted by Gasteiger charge is 2.22. The molecule has 1 aromatic rings. The second-order valence-electron chi connectivity index (χ2n) is 6.29. The summed E-state index contributed by atoms with van der Waals surface area (Å²) in [7, 11) is 1.74. The van der Waals surface area contributed by atoms with Crippen LogP contribution in [0, 0.1) is 5.41 Å². The van der Waals surface area contributed by atoms with Crippen LogP contribution in [0.3, 0.4) is 0 Å². The van der Waals surface area contributed by atoms with Gasteiger partial charge in [0.1, 0.15) is 5.75 Å². The number of hydrogen-bond acceptors (Lipinski definition) is 3. The molecule has 1 aliphatic rings. The predicted molar refractivity (Wildman–Crippen MR) is 81.3 cm³/mol. The van der Waals surface area contributed by atoms with Crippen LogP contribution in [0.5, 0.6) is 5.75 Å². The predicted octanol–water partition coefficient (Wildman–Crippen LogP) is 2.09. The molecule has 0 bridgehead atoms. The zero-order valence-corrected chi connectivity index (χ0v) is 13.0. The molecule has 0 atom stereocenters. The van der Waals surface area contributed by atoms with E-state index in [1.807, 2.05) is 39.0 Å². The van der Waals surface area contributed by atoms with E-state index < -0.39 is 5.41 Å². The lowest BCUT2D eigenvalue weighted by atomic mass is 9.95. The van der Waals surface area contributed by atoms with Crippen LogP contribution >= 0.6 is 0 Å². The molecule has 5 heteroatoms. The fourth-order valence-corrected chi connectivity index (χ4v) is 2.05. The van der Waals surface area contributed by atoms with Crippen LogP contribution in [0.2, 0.25) is 0 Å². The normalized spacial score (nSPS) is 15.0. The Morgan fingerprint density at radius 3 is 2.76 bits per heavy atom. The minimum Gasteiger partial charge on any atom is -0.491 e. The summed E-state index contributed by atoms with van der Waals surface area (Å²) in [5.74, 6) is 0.733. The molecule has 1 aromatic carbocycles. The third kappa shape index (κ3) is 3.54. The van der Waals surface area contributed by atoms with Crippen LogP contribution in [0.4, 0.5) is 5.69 Å². The Hall–Kier alpha value is -2.04. The van der Waals surface area contributed by atoms with E-state index in [4.69, 9.17) is 4.74 Å². The lowest BCUT2D eigenvalue weighted by Crippen LogP contribution is -2.34. The maximum atomic E-state index is 11.9. The highest BCUT2D eigenvalue weighted by atomic mass is 16.5. The summed E-state index contributed by atoms with van der Waals surface area (Å²) in [5.41, 5.74) is 1.28. The van der Waals surface area contributed by atoms with Gasteiger partial charge in [-0.15, -0.1) is 0 Å². The molecular weight excluding hydrogens is 268 g/mol. The monoisotopic (exact) mass is 290 g/mol. The Bertz CT molecular complexity index is 561. The summed E-state index contributed by atoms with van der Waals surface area (Å²) in [4.78, 5) is 25.4. The number of carbonyl (C=O) groups excluding carboxylic acids is 2. The van der Waals surface area contributed by atoms with Crippen LogP contribution in [0.1, 0.15) is 32.8 Å². The number of ether oxygens (including phenoxy) is 1. The first-order valence-electron chi connectivity index (χ1n) is 7.09. The first-order valence-corrected chi connectivity index (χ1v) is 7.09. The number of anilines is 1. The molecule has 0 aromatic heterocycles. The van der Waals surface area contributed by atoms with Crippen molar-refractivity contribution < 1.29 is 14.3 Å². The Kier molecular flexibility index (Phi) is 4.21. The summed E-state index contributed by atoms with van der Waals surface area (Å²) in [6.07, 6.45) is 0.376.